The van der Waals surface area contributed by atoms with Gasteiger partial charge in [-0.15, -0.1) is 0 Å². The smallest absolute Gasteiger partial charge is 0.178 e. The number of anilines is 1. The van der Waals surface area contributed by atoms with Crippen molar-refractivity contribution in [2.24, 2.45) is 0 Å². The third-order valence-electron chi connectivity index (χ3n) is 2.19. The van der Waals surface area contributed by atoms with E-state index in [0.717, 1.165) is 21.5 Å². The maximum Gasteiger partial charge on any atom is 0.178 e. The van der Waals surface area contributed by atoms with Crippen LogP contribution < -0.4 is 5.73 Å². The van der Waals surface area contributed by atoms with E-state index in [9.17, 15) is 0 Å². The van der Waals surface area contributed by atoms with Crippen LogP contribution in [0.3, 0.4) is 0 Å². The molecule has 0 unspecified atom stereocenters. The van der Waals surface area contributed by atoms with Crippen molar-refractivity contribution in [2.75, 3.05) is 5.73 Å². The number of rotatable bonds is 1. The van der Waals surface area contributed by atoms with Crippen molar-refractivity contribution in [3.63, 3.8) is 0 Å². The fourth-order valence-corrected chi connectivity index (χ4v) is 2.37. The summed E-state index contributed by atoms with van der Waals surface area (Å²) in [6.45, 7) is 4.25. The fraction of sp³-hybridized carbons (Fsp3) is 0.300. The van der Waals surface area contributed by atoms with Crippen LogP contribution in [0.1, 0.15) is 19.9 Å². The predicted molar refractivity (Wildman–Crippen MR) is 62.2 cm³/mol. The number of nitrogens with zero attached hydrogens (tertiary/aromatic N) is 2. The predicted octanol–water partition coefficient (Wildman–Crippen LogP) is 2.96. The molecule has 4 heteroatoms. The van der Waals surface area contributed by atoms with E-state index >= 15 is 0 Å². The normalized spacial score (nSPS) is 11.4. The van der Waals surface area contributed by atoms with Gasteiger partial charge in [0.05, 0.1) is 11.0 Å². The molecule has 0 radical (unpaired) electrons. The van der Waals surface area contributed by atoms with E-state index in [-0.39, 0.29) is 0 Å². The van der Waals surface area contributed by atoms with Crippen molar-refractivity contribution < 1.29 is 0 Å². The average Bonchev–Trinajstić information content (AvgIpc) is 2.39. The number of fused-ring (bicyclic) bond motifs is 1. The molecule has 0 fully saturated rings. The molecule has 0 saturated carbocycles. The molecule has 74 valence electrons. The number of aromatic nitrogens is 2. The Bertz CT molecular complexity index is 473. The SMILES string of the molecule is CC(C)n1c(Br)nc2cc(N)ccc21. The van der Waals surface area contributed by atoms with Crippen LogP contribution in [0.15, 0.2) is 22.9 Å². The maximum absolute atomic E-state index is 5.69. The molecule has 0 aliphatic rings. The second-order valence-electron chi connectivity index (χ2n) is 3.59. The fourth-order valence-electron chi connectivity index (χ4n) is 1.58. The highest BCUT2D eigenvalue weighted by molar-refractivity contribution is 9.10. The van der Waals surface area contributed by atoms with E-state index in [1.165, 1.54) is 0 Å². The standard InChI is InChI=1S/C10H12BrN3/c1-6(2)14-9-4-3-7(12)5-8(9)13-10(14)11/h3-6H,12H2,1-2H3. The summed E-state index contributed by atoms with van der Waals surface area (Å²) in [4.78, 5) is 4.39. The Morgan fingerprint density at radius 2 is 2.14 bits per heavy atom. The molecule has 2 aromatic rings. The highest BCUT2D eigenvalue weighted by Crippen LogP contribution is 2.25. The Kier molecular flexibility index (Phi) is 2.23. The zero-order valence-corrected chi connectivity index (χ0v) is 9.75. The minimum absolute atomic E-state index is 0.387. The van der Waals surface area contributed by atoms with Crippen molar-refractivity contribution in [1.82, 2.24) is 9.55 Å². The third kappa shape index (κ3) is 1.39. The minimum Gasteiger partial charge on any atom is -0.399 e. The van der Waals surface area contributed by atoms with Crippen molar-refractivity contribution in [1.29, 1.82) is 0 Å². The van der Waals surface area contributed by atoms with E-state index in [0.29, 0.717) is 6.04 Å². The largest absolute Gasteiger partial charge is 0.399 e. The molecule has 14 heavy (non-hydrogen) atoms. The van der Waals surface area contributed by atoms with Gasteiger partial charge in [0.2, 0.25) is 0 Å². The molecule has 0 aliphatic carbocycles. The second-order valence-corrected chi connectivity index (χ2v) is 4.30. The third-order valence-corrected chi connectivity index (χ3v) is 2.75. The molecule has 0 spiro atoms. The highest BCUT2D eigenvalue weighted by Gasteiger charge is 2.10. The van der Waals surface area contributed by atoms with Gasteiger partial charge in [0.25, 0.3) is 0 Å². The summed E-state index contributed by atoms with van der Waals surface area (Å²) in [6.07, 6.45) is 0. The van der Waals surface area contributed by atoms with Crippen LogP contribution in [-0.4, -0.2) is 9.55 Å². The van der Waals surface area contributed by atoms with Gasteiger partial charge in [-0.05, 0) is 48.0 Å². The Labute approximate surface area is 91.1 Å². The molecule has 0 amide bonds. The first-order chi connectivity index (χ1) is 6.59. The lowest BCUT2D eigenvalue weighted by molar-refractivity contribution is 0.604. The molecule has 0 atom stereocenters. The average molecular weight is 254 g/mol. The van der Waals surface area contributed by atoms with Crippen molar-refractivity contribution >= 4 is 32.7 Å². The molecule has 2 N–H and O–H groups in total. The molecule has 0 bridgehead atoms. The Hall–Kier alpha value is -1.03. The van der Waals surface area contributed by atoms with Crippen LogP contribution in [0.2, 0.25) is 0 Å². The maximum atomic E-state index is 5.69. The summed E-state index contributed by atoms with van der Waals surface area (Å²) in [5.74, 6) is 0. The zero-order valence-electron chi connectivity index (χ0n) is 8.16. The number of nitrogen functional groups attached to an aromatic ring is 1. The summed E-state index contributed by atoms with van der Waals surface area (Å²) < 4.78 is 2.99. The van der Waals surface area contributed by atoms with Gasteiger partial charge in [-0.1, -0.05) is 0 Å². The first-order valence-electron chi connectivity index (χ1n) is 4.52. The number of hydrogen-bond acceptors (Lipinski definition) is 2. The molecule has 1 aromatic heterocycles. The van der Waals surface area contributed by atoms with E-state index < -0.39 is 0 Å². The number of benzene rings is 1. The Morgan fingerprint density at radius 3 is 2.79 bits per heavy atom. The Morgan fingerprint density at radius 1 is 1.43 bits per heavy atom. The molecule has 2 rings (SSSR count). The van der Waals surface area contributed by atoms with Crippen molar-refractivity contribution in [2.45, 2.75) is 19.9 Å². The lowest BCUT2D eigenvalue weighted by Gasteiger charge is -2.09. The zero-order chi connectivity index (χ0) is 10.3. The van der Waals surface area contributed by atoms with Crippen LogP contribution in [0.5, 0.6) is 0 Å². The van der Waals surface area contributed by atoms with E-state index in [2.05, 4.69) is 39.3 Å². The van der Waals surface area contributed by atoms with E-state index in [1.807, 2.05) is 18.2 Å². The number of halogens is 1. The quantitative estimate of drug-likeness (QED) is 0.795. The summed E-state index contributed by atoms with van der Waals surface area (Å²) in [5, 5.41) is 0. The number of nitrogens with two attached hydrogens (primary N) is 1. The molecule has 3 nitrogen and oxygen atoms in total. The molecule has 0 saturated heterocycles. The van der Waals surface area contributed by atoms with Crippen LogP contribution in [-0.2, 0) is 0 Å². The van der Waals surface area contributed by atoms with Crippen LogP contribution in [0.25, 0.3) is 11.0 Å². The molecular formula is C10H12BrN3. The summed E-state index contributed by atoms with van der Waals surface area (Å²) in [7, 11) is 0. The van der Waals surface area contributed by atoms with Crippen LogP contribution in [0, 0.1) is 0 Å². The second kappa shape index (κ2) is 3.28. The highest BCUT2D eigenvalue weighted by atomic mass is 79.9. The minimum atomic E-state index is 0.387. The van der Waals surface area contributed by atoms with Gasteiger partial charge in [-0.25, -0.2) is 4.98 Å². The summed E-state index contributed by atoms with van der Waals surface area (Å²) >= 11 is 3.45. The first-order valence-corrected chi connectivity index (χ1v) is 5.32. The van der Waals surface area contributed by atoms with Crippen LogP contribution in [0.4, 0.5) is 5.69 Å². The van der Waals surface area contributed by atoms with Gasteiger partial charge in [0, 0.05) is 11.7 Å². The van der Waals surface area contributed by atoms with Gasteiger partial charge in [-0.3, -0.25) is 0 Å². The van der Waals surface area contributed by atoms with E-state index in [1.54, 1.807) is 0 Å². The van der Waals surface area contributed by atoms with Gasteiger partial charge in [0.15, 0.2) is 4.73 Å². The molecular weight excluding hydrogens is 242 g/mol. The van der Waals surface area contributed by atoms with Crippen LogP contribution >= 0.6 is 15.9 Å². The van der Waals surface area contributed by atoms with Gasteiger partial charge < -0.3 is 10.3 Å². The molecule has 1 heterocycles. The van der Waals surface area contributed by atoms with Crippen molar-refractivity contribution in [3.8, 4) is 0 Å². The topological polar surface area (TPSA) is 43.8 Å². The molecule has 0 aliphatic heterocycles. The van der Waals surface area contributed by atoms with Gasteiger partial charge in [0.1, 0.15) is 0 Å². The van der Waals surface area contributed by atoms with E-state index in [4.69, 9.17) is 5.73 Å². The lowest BCUT2D eigenvalue weighted by atomic mass is 10.2. The first kappa shape index (κ1) is 9.52. The summed E-state index contributed by atoms with van der Waals surface area (Å²) in [6, 6.07) is 6.18. The van der Waals surface area contributed by atoms with Gasteiger partial charge in [-0.2, -0.15) is 0 Å². The Balaban J connectivity index is 2.77. The summed E-state index contributed by atoms with van der Waals surface area (Å²) in [5.41, 5.74) is 8.49. The monoisotopic (exact) mass is 253 g/mol. The number of imidazole rings is 1. The van der Waals surface area contributed by atoms with Crippen molar-refractivity contribution in [3.05, 3.63) is 22.9 Å². The lowest BCUT2D eigenvalue weighted by Crippen LogP contribution is -2.00. The molecule has 1 aromatic carbocycles. The van der Waals surface area contributed by atoms with Gasteiger partial charge >= 0.3 is 0 Å². The number of hydrogen-bond donors (Lipinski definition) is 1.